The van der Waals surface area contributed by atoms with Gasteiger partial charge in [0.1, 0.15) is 24.8 Å². The molecule has 1 heterocycles. The van der Waals surface area contributed by atoms with E-state index in [2.05, 4.69) is 10.6 Å². The van der Waals surface area contributed by atoms with Gasteiger partial charge in [0, 0.05) is 27.7 Å². The molecule has 0 aromatic heterocycles. The molecule has 0 aliphatic carbocycles. The number of carbonyl (C=O) groups is 6. The molecule has 0 spiro atoms. The van der Waals surface area contributed by atoms with Gasteiger partial charge in [-0.05, 0) is 0 Å². The van der Waals surface area contributed by atoms with Crippen LogP contribution in [0.25, 0.3) is 0 Å². The minimum atomic E-state index is -1.51. The van der Waals surface area contributed by atoms with Crippen LogP contribution in [0.1, 0.15) is 34.1 Å². The van der Waals surface area contributed by atoms with Crippen LogP contribution in [0.4, 0.5) is 0 Å². The van der Waals surface area contributed by atoms with E-state index in [1.165, 1.54) is 0 Å². The van der Waals surface area contributed by atoms with Crippen molar-refractivity contribution in [3.8, 4) is 0 Å². The molecule has 5 N–H and O–H groups in total. The van der Waals surface area contributed by atoms with Crippen molar-refractivity contribution in [3.63, 3.8) is 0 Å². The molecule has 14 heteroatoms. The first-order chi connectivity index (χ1) is 14.8. The van der Waals surface area contributed by atoms with Crippen molar-refractivity contribution in [2.24, 2.45) is 5.73 Å². The monoisotopic (exact) mass is 461 g/mol. The highest BCUT2D eigenvalue weighted by Crippen LogP contribution is 2.26. The molecule has 0 bridgehead atoms. The number of carboxylic acid groups (broad SMARTS) is 1. The second-order valence-corrected chi connectivity index (χ2v) is 6.99. The molecule has 0 aromatic carbocycles. The third-order valence-corrected chi connectivity index (χ3v) is 4.14. The van der Waals surface area contributed by atoms with Crippen LogP contribution in [-0.2, 0) is 47.7 Å². The summed E-state index contributed by atoms with van der Waals surface area (Å²) in [6.45, 7) is 3.99. The van der Waals surface area contributed by atoms with E-state index in [1.807, 2.05) is 0 Å². The Hall–Kier alpha value is -3.26. The first kappa shape index (κ1) is 26.8. The number of aliphatic carboxylic acids is 1. The molecule has 1 saturated heterocycles. The molecular weight excluding hydrogens is 434 g/mol. The van der Waals surface area contributed by atoms with Crippen LogP contribution in [0.5, 0.6) is 0 Å². The van der Waals surface area contributed by atoms with E-state index in [1.54, 1.807) is 0 Å². The van der Waals surface area contributed by atoms with Crippen LogP contribution >= 0.6 is 0 Å². The summed E-state index contributed by atoms with van der Waals surface area (Å²) >= 11 is 0. The number of hydrogen-bond donors (Lipinski definition) is 4. The van der Waals surface area contributed by atoms with Gasteiger partial charge in [-0.1, -0.05) is 0 Å². The lowest BCUT2D eigenvalue weighted by molar-refractivity contribution is -0.228. The molecule has 0 saturated carbocycles. The molecular formula is C18H27N3O11. The van der Waals surface area contributed by atoms with Gasteiger partial charge in [0.25, 0.3) is 0 Å². The molecule has 2 amide bonds. The Balaban J connectivity index is 3.30. The molecule has 0 radical (unpaired) electrons. The van der Waals surface area contributed by atoms with Gasteiger partial charge in [-0.25, -0.2) is 0 Å². The van der Waals surface area contributed by atoms with Crippen molar-refractivity contribution < 1.29 is 52.8 Å². The lowest BCUT2D eigenvalue weighted by Crippen LogP contribution is -2.69. The van der Waals surface area contributed by atoms with E-state index in [0.29, 0.717) is 0 Å². The van der Waals surface area contributed by atoms with Gasteiger partial charge in [0.05, 0.1) is 6.42 Å². The number of ether oxygens (including phenoxy) is 4. The quantitative estimate of drug-likeness (QED) is 0.208. The summed E-state index contributed by atoms with van der Waals surface area (Å²) in [7, 11) is 0. The van der Waals surface area contributed by atoms with Crippen molar-refractivity contribution in [2.45, 2.75) is 70.7 Å². The Morgan fingerprint density at radius 1 is 0.938 bits per heavy atom. The van der Waals surface area contributed by atoms with E-state index >= 15 is 0 Å². The summed E-state index contributed by atoms with van der Waals surface area (Å²) in [6, 6.07) is -2.76. The first-order valence-corrected chi connectivity index (χ1v) is 9.49. The second-order valence-electron chi connectivity index (χ2n) is 6.99. The number of amides is 2. The number of carboxylic acids is 1. The minimum absolute atomic E-state index is 0.446. The summed E-state index contributed by atoms with van der Waals surface area (Å²) in [4.78, 5) is 69.6. The van der Waals surface area contributed by atoms with E-state index in [0.717, 1.165) is 27.7 Å². The highest BCUT2D eigenvalue weighted by atomic mass is 16.6. The molecule has 1 aliphatic heterocycles. The molecule has 14 nitrogen and oxygen atoms in total. The topological polar surface area (TPSA) is 210 Å². The molecule has 1 fully saturated rings. The van der Waals surface area contributed by atoms with Crippen LogP contribution in [0, 0.1) is 0 Å². The van der Waals surface area contributed by atoms with Crippen LogP contribution in [-0.4, -0.2) is 84.0 Å². The Labute approximate surface area is 183 Å². The standard InChI is InChI=1S/C18H27N3O11/c1-7(22)20-14-16(31-10(4)25)15(30-9(3)24)12(6-29-8(2)23)32-17(14)21-13(26)5-11(19)18(27)28/h11-12,14-17H,5-6,19H2,1-4H3,(H,20,22)(H,21,26)(H,27,28)/t11-,12+,14+,15+,16+,17+/m0/s1. The van der Waals surface area contributed by atoms with Crippen LogP contribution in [0.2, 0.25) is 0 Å². The van der Waals surface area contributed by atoms with Gasteiger partial charge in [-0.2, -0.15) is 0 Å². The maximum absolute atomic E-state index is 12.3. The summed E-state index contributed by atoms with van der Waals surface area (Å²) in [5, 5.41) is 13.7. The SMILES string of the molecule is CC(=O)N[C@@H]1[C@@H](OC(C)=O)[C@H](OC(C)=O)[C@@H](COC(C)=O)O[C@H]1NC(=O)C[C@H](N)C(=O)O. The molecule has 6 atom stereocenters. The van der Waals surface area contributed by atoms with Gasteiger partial charge >= 0.3 is 23.9 Å². The number of nitrogens with one attached hydrogen (secondary N) is 2. The van der Waals surface area contributed by atoms with Gasteiger partial charge in [-0.3, -0.25) is 28.8 Å². The van der Waals surface area contributed by atoms with E-state index in [9.17, 15) is 28.8 Å². The van der Waals surface area contributed by atoms with Gasteiger partial charge in [0.15, 0.2) is 18.4 Å². The van der Waals surface area contributed by atoms with Gasteiger partial charge in [0.2, 0.25) is 11.8 Å². The summed E-state index contributed by atoms with van der Waals surface area (Å²) < 4.78 is 21.1. The Bertz CT molecular complexity index is 756. The fraction of sp³-hybridized carbons (Fsp3) is 0.667. The Kier molecular flexibility index (Phi) is 10.00. The Morgan fingerprint density at radius 3 is 1.97 bits per heavy atom. The third-order valence-electron chi connectivity index (χ3n) is 4.14. The molecule has 0 aromatic rings. The van der Waals surface area contributed by atoms with E-state index in [4.69, 9.17) is 29.8 Å². The fourth-order valence-electron chi connectivity index (χ4n) is 2.96. The lowest BCUT2D eigenvalue weighted by Gasteiger charge is -2.45. The molecule has 0 unspecified atom stereocenters. The predicted molar refractivity (Wildman–Crippen MR) is 102 cm³/mol. The number of nitrogens with two attached hydrogens (primary N) is 1. The van der Waals surface area contributed by atoms with Crippen molar-refractivity contribution in [2.75, 3.05) is 6.61 Å². The van der Waals surface area contributed by atoms with Crippen LogP contribution < -0.4 is 16.4 Å². The van der Waals surface area contributed by atoms with Crippen molar-refractivity contribution in [3.05, 3.63) is 0 Å². The highest BCUT2D eigenvalue weighted by molar-refractivity contribution is 5.84. The van der Waals surface area contributed by atoms with Crippen molar-refractivity contribution >= 4 is 35.7 Å². The van der Waals surface area contributed by atoms with Crippen LogP contribution in [0.3, 0.4) is 0 Å². The molecule has 1 aliphatic rings. The molecule has 32 heavy (non-hydrogen) atoms. The summed E-state index contributed by atoms with van der Waals surface area (Å²) in [5.74, 6) is -5.12. The first-order valence-electron chi connectivity index (χ1n) is 9.49. The third kappa shape index (κ3) is 8.47. The molecule has 1 rings (SSSR count). The zero-order valence-electron chi connectivity index (χ0n) is 18.0. The van der Waals surface area contributed by atoms with E-state index in [-0.39, 0.29) is 0 Å². The summed E-state index contributed by atoms with van der Waals surface area (Å²) in [6.07, 6.45) is -5.89. The maximum atomic E-state index is 12.3. The number of rotatable bonds is 9. The van der Waals surface area contributed by atoms with E-state index < -0.39 is 85.3 Å². The van der Waals surface area contributed by atoms with Gasteiger partial charge < -0.3 is 40.4 Å². The van der Waals surface area contributed by atoms with Crippen molar-refractivity contribution in [1.29, 1.82) is 0 Å². The fourth-order valence-corrected chi connectivity index (χ4v) is 2.96. The predicted octanol–water partition coefficient (Wildman–Crippen LogP) is -2.44. The van der Waals surface area contributed by atoms with Crippen molar-refractivity contribution in [1.82, 2.24) is 10.6 Å². The Morgan fingerprint density at radius 2 is 1.50 bits per heavy atom. The zero-order chi connectivity index (χ0) is 24.6. The highest BCUT2D eigenvalue weighted by Gasteiger charge is 2.51. The smallest absolute Gasteiger partial charge is 0.321 e. The largest absolute Gasteiger partial charge is 0.480 e. The number of hydrogen-bond acceptors (Lipinski definition) is 11. The minimum Gasteiger partial charge on any atom is -0.480 e. The lowest BCUT2D eigenvalue weighted by atomic mass is 9.95. The number of esters is 3. The number of carbonyl (C=O) groups excluding carboxylic acids is 5. The second kappa shape index (κ2) is 12.0. The normalized spacial score (nSPS) is 25.6. The average molecular weight is 461 g/mol. The molecule has 180 valence electrons. The zero-order valence-corrected chi connectivity index (χ0v) is 18.0. The summed E-state index contributed by atoms with van der Waals surface area (Å²) in [5.41, 5.74) is 5.36. The van der Waals surface area contributed by atoms with Gasteiger partial charge in [-0.15, -0.1) is 0 Å². The van der Waals surface area contributed by atoms with Crippen LogP contribution in [0.15, 0.2) is 0 Å². The maximum Gasteiger partial charge on any atom is 0.321 e. The average Bonchev–Trinajstić information content (AvgIpc) is 2.63.